The molecule has 2 aromatic rings. The van der Waals surface area contributed by atoms with Crippen molar-refractivity contribution in [3.05, 3.63) is 56.7 Å². The van der Waals surface area contributed by atoms with E-state index in [1.54, 1.807) is 0 Å². The minimum absolute atomic E-state index is 0.00547. The van der Waals surface area contributed by atoms with Gasteiger partial charge in [0.1, 0.15) is 5.82 Å². The monoisotopic (exact) mass is 385 g/mol. The molecule has 0 unspecified atom stereocenters. The Bertz CT molecular complexity index is 943. The van der Waals surface area contributed by atoms with E-state index >= 15 is 0 Å². The zero-order chi connectivity index (χ0) is 20.3. The van der Waals surface area contributed by atoms with Crippen LogP contribution in [0.2, 0.25) is 0 Å². The molecule has 1 saturated heterocycles. The van der Waals surface area contributed by atoms with Crippen LogP contribution in [0.4, 0.5) is 11.5 Å². The molecule has 0 saturated carbocycles. The van der Waals surface area contributed by atoms with Gasteiger partial charge in [-0.05, 0) is 37.4 Å². The third kappa shape index (κ3) is 4.33. The molecular weight excluding hydrogens is 358 g/mol. The lowest BCUT2D eigenvalue weighted by atomic mass is 9.99. The number of nitrogens with zero attached hydrogens (tertiary/aromatic N) is 3. The van der Waals surface area contributed by atoms with Gasteiger partial charge < -0.3 is 10.6 Å². The molecule has 1 aromatic carbocycles. The number of hydrogen-bond donors (Lipinski definition) is 2. The molecule has 1 fully saturated rings. The first kappa shape index (κ1) is 19.9. The highest BCUT2D eigenvalue weighted by Crippen LogP contribution is 2.19. The minimum Gasteiger partial charge on any atom is -0.383 e. The fourth-order valence-electron chi connectivity index (χ4n) is 3.47. The molecule has 28 heavy (non-hydrogen) atoms. The molecule has 150 valence electrons. The summed E-state index contributed by atoms with van der Waals surface area (Å²) in [6, 6.07) is 9.32. The van der Waals surface area contributed by atoms with Gasteiger partial charge in [0.2, 0.25) is 5.91 Å². The summed E-state index contributed by atoms with van der Waals surface area (Å²) < 4.78 is 1.28. The Morgan fingerprint density at radius 1 is 1.21 bits per heavy atom. The molecule has 0 radical (unpaired) electrons. The maximum Gasteiger partial charge on any atom is 0.330 e. The van der Waals surface area contributed by atoms with Crippen LogP contribution in [0.25, 0.3) is 0 Å². The molecule has 1 aliphatic rings. The Morgan fingerprint density at radius 2 is 1.86 bits per heavy atom. The van der Waals surface area contributed by atoms with Crippen LogP contribution in [-0.4, -0.2) is 47.0 Å². The highest BCUT2D eigenvalue weighted by Gasteiger charge is 2.24. The lowest BCUT2D eigenvalue weighted by molar-refractivity contribution is -0.119. The van der Waals surface area contributed by atoms with Gasteiger partial charge in [0.25, 0.3) is 5.56 Å². The number of H-pyrrole nitrogens is 1. The van der Waals surface area contributed by atoms with Crippen molar-refractivity contribution < 1.29 is 4.79 Å². The molecule has 8 nitrogen and oxygen atoms in total. The molecule has 3 N–H and O–H groups in total. The van der Waals surface area contributed by atoms with Crippen LogP contribution in [0.5, 0.6) is 0 Å². The fraction of sp³-hybridized carbons (Fsp3) is 0.450. The van der Waals surface area contributed by atoms with Gasteiger partial charge in [-0.25, -0.2) is 4.79 Å². The normalized spacial score (nSPS) is 15.5. The second-order valence-corrected chi connectivity index (χ2v) is 7.48. The van der Waals surface area contributed by atoms with Crippen molar-refractivity contribution in [1.82, 2.24) is 14.5 Å². The van der Waals surface area contributed by atoms with Crippen molar-refractivity contribution in [2.24, 2.45) is 5.92 Å². The SMILES string of the molecule is CC1CCN(CC(=O)N(C)c2c(N)n(Cc3ccccc3)c(=O)[nH]c2=O)CC1. The number of anilines is 2. The van der Waals surface area contributed by atoms with Crippen molar-refractivity contribution in [3.8, 4) is 0 Å². The number of hydrogen-bond acceptors (Lipinski definition) is 5. The van der Waals surface area contributed by atoms with E-state index < -0.39 is 11.2 Å². The topological polar surface area (TPSA) is 104 Å². The fourth-order valence-corrected chi connectivity index (χ4v) is 3.47. The van der Waals surface area contributed by atoms with Crippen molar-refractivity contribution in [1.29, 1.82) is 0 Å². The average Bonchev–Trinajstić information content (AvgIpc) is 2.67. The van der Waals surface area contributed by atoms with E-state index in [2.05, 4.69) is 16.8 Å². The molecule has 3 rings (SSSR count). The number of aromatic nitrogens is 2. The number of piperidine rings is 1. The number of carbonyl (C=O) groups is 1. The summed E-state index contributed by atoms with van der Waals surface area (Å²) in [5, 5.41) is 0. The molecule has 8 heteroatoms. The molecule has 2 heterocycles. The predicted molar refractivity (Wildman–Crippen MR) is 110 cm³/mol. The molecule has 1 amide bonds. The van der Waals surface area contributed by atoms with Gasteiger partial charge in [0.05, 0.1) is 13.1 Å². The summed E-state index contributed by atoms with van der Waals surface area (Å²) in [5.41, 5.74) is 5.78. The zero-order valence-electron chi connectivity index (χ0n) is 16.4. The van der Waals surface area contributed by atoms with Crippen LogP contribution in [0, 0.1) is 5.92 Å². The first-order valence-corrected chi connectivity index (χ1v) is 9.52. The van der Waals surface area contributed by atoms with Crippen LogP contribution in [0.3, 0.4) is 0 Å². The summed E-state index contributed by atoms with van der Waals surface area (Å²) in [6.45, 7) is 4.36. The van der Waals surface area contributed by atoms with Crippen molar-refractivity contribution in [2.45, 2.75) is 26.3 Å². The first-order valence-electron chi connectivity index (χ1n) is 9.52. The minimum atomic E-state index is -0.657. The first-order chi connectivity index (χ1) is 13.4. The maximum atomic E-state index is 12.7. The zero-order valence-corrected chi connectivity index (χ0v) is 16.4. The molecule has 0 spiro atoms. The van der Waals surface area contributed by atoms with Crippen molar-refractivity contribution >= 4 is 17.4 Å². The predicted octanol–water partition coefficient (Wildman–Crippen LogP) is 0.862. The molecule has 1 aromatic heterocycles. The van der Waals surface area contributed by atoms with E-state index in [0.717, 1.165) is 31.5 Å². The third-order valence-corrected chi connectivity index (χ3v) is 5.34. The van der Waals surface area contributed by atoms with Gasteiger partial charge >= 0.3 is 5.69 Å². The lowest BCUT2D eigenvalue weighted by Crippen LogP contribution is -2.45. The van der Waals surface area contributed by atoms with E-state index in [-0.39, 0.29) is 30.5 Å². The Hall–Kier alpha value is -2.87. The molecular formula is C20H27N5O3. The van der Waals surface area contributed by atoms with Crippen molar-refractivity contribution in [3.63, 3.8) is 0 Å². The second kappa shape index (κ2) is 8.43. The van der Waals surface area contributed by atoms with Crippen LogP contribution in [-0.2, 0) is 11.3 Å². The molecule has 0 aliphatic carbocycles. The largest absolute Gasteiger partial charge is 0.383 e. The van der Waals surface area contributed by atoms with Crippen LogP contribution >= 0.6 is 0 Å². The Morgan fingerprint density at radius 3 is 2.50 bits per heavy atom. The summed E-state index contributed by atoms with van der Waals surface area (Å²) in [4.78, 5) is 43.0. The number of likely N-dealkylation sites (N-methyl/N-ethyl adjacent to an activating group) is 1. The number of aromatic amines is 1. The number of nitrogen functional groups attached to an aromatic ring is 1. The van der Waals surface area contributed by atoms with Crippen molar-refractivity contribution in [2.75, 3.05) is 37.3 Å². The van der Waals surface area contributed by atoms with Gasteiger partial charge in [-0.15, -0.1) is 0 Å². The number of nitrogens with two attached hydrogens (primary N) is 1. The quantitative estimate of drug-likeness (QED) is 0.794. The van der Waals surface area contributed by atoms with E-state index in [1.165, 1.54) is 16.5 Å². The summed E-state index contributed by atoms with van der Waals surface area (Å²) >= 11 is 0. The van der Waals surface area contributed by atoms with Gasteiger partial charge in [-0.1, -0.05) is 37.3 Å². The third-order valence-electron chi connectivity index (χ3n) is 5.34. The van der Waals surface area contributed by atoms with Crippen LogP contribution < -0.4 is 21.9 Å². The molecule has 1 aliphatic heterocycles. The Kier molecular flexibility index (Phi) is 5.99. The Labute approximate surface area is 163 Å². The smallest absolute Gasteiger partial charge is 0.330 e. The molecule has 0 atom stereocenters. The number of carbonyl (C=O) groups excluding carboxylic acids is 1. The number of likely N-dealkylation sites (tertiary alicyclic amines) is 1. The number of benzene rings is 1. The van der Waals surface area contributed by atoms with Crippen LogP contribution in [0.1, 0.15) is 25.3 Å². The maximum absolute atomic E-state index is 12.7. The highest BCUT2D eigenvalue weighted by atomic mass is 16.2. The lowest BCUT2D eigenvalue weighted by Gasteiger charge is -2.31. The van der Waals surface area contributed by atoms with E-state index in [4.69, 9.17) is 5.73 Å². The number of rotatable bonds is 5. The average molecular weight is 385 g/mol. The summed E-state index contributed by atoms with van der Waals surface area (Å²) in [6.07, 6.45) is 2.11. The standard InChI is InChI=1S/C20H27N5O3/c1-14-8-10-24(11-9-14)13-16(26)23(2)17-18(21)25(20(28)22-19(17)27)12-15-6-4-3-5-7-15/h3-7,14H,8-13,21H2,1-2H3,(H,22,27,28). The number of nitrogens with one attached hydrogen (secondary N) is 1. The highest BCUT2D eigenvalue weighted by molar-refractivity contribution is 5.96. The van der Waals surface area contributed by atoms with Gasteiger partial charge in [0.15, 0.2) is 5.69 Å². The van der Waals surface area contributed by atoms with E-state index in [9.17, 15) is 14.4 Å². The Balaban J connectivity index is 1.84. The second-order valence-electron chi connectivity index (χ2n) is 7.48. The van der Waals surface area contributed by atoms with Gasteiger partial charge in [0, 0.05) is 7.05 Å². The number of amides is 1. The van der Waals surface area contributed by atoms with Crippen LogP contribution in [0.15, 0.2) is 39.9 Å². The summed E-state index contributed by atoms with van der Waals surface area (Å²) in [5.74, 6) is 0.432. The van der Waals surface area contributed by atoms with E-state index in [1.807, 2.05) is 30.3 Å². The van der Waals surface area contributed by atoms with E-state index in [0.29, 0.717) is 5.92 Å². The van der Waals surface area contributed by atoms with Gasteiger partial charge in [-0.2, -0.15) is 0 Å². The molecule has 0 bridgehead atoms. The van der Waals surface area contributed by atoms with Gasteiger partial charge in [-0.3, -0.25) is 24.0 Å². The summed E-state index contributed by atoms with van der Waals surface area (Å²) in [7, 11) is 1.52.